The highest BCUT2D eigenvalue weighted by Gasteiger charge is 2.36. The first-order chi connectivity index (χ1) is 11.5. The van der Waals surface area contributed by atoms with Crippen molar-refractivity contribution in [1.29, 1.82) is 0 Å². The maximum atomic E-state index is 12.7. The van der Waals surface area contributed by atoms with Gasteiger partial charge in [-0.1, -0.05) is 23.2 Å². The minimum Gasteiger partial charge on any atom is -0.320 e. The molecule has 2 rings (SSSR count). The standard InChI is InChI=1S/C13H7Cl2F5N2O2S/c14-6-2-8(25-10(6)13(18,19)20)11(23)21-5-1-7(15)12(24)22(3-5)4-9(16)17/h1-3,9H,4H2,(H,21,23). The number of hydrogen-bond donors (Lipinski definition) is 1. The Morgan fingerprint density at radius 3 is 2.40 bits per heavy atom. The van der Waals surface area contributed by atoms with E-state index < -0.39 is 45.5 Å². The summed E-state index contributed by atoms with van der Waals surface area (Å²) in [6, 6.07) is 1.84. The van der Waals surface area contributed by atoms with Gasteiger partial charge in [-0.05, 0) is 12.1 Å². The number of pyridine rings is 1. The molecule has 2 aromatic rings. The topological polar surface area (TPSA) is 51.1 Å². The fourth-order valence-electron chi connectivity index (χ4n) is 1.82. The van der Waals surface area contributed by atoms with Crippen LogP contribution >= 0.6 is 34.5 Å². The first-order valence-corrected chi connectivity index (χ1v) is 7.92. The quantitative estimate of drug-likeness (QED) is 0.725. The number of aromatic nitrogens is 1. The number of rotatable bonds is 4. The number of alkyl halides is 5. The molecule has 0 radical (unpaired) electrons. The predicted octanol–water partition coefficient (Wildman–Crippen LogP) is 4.75. The van der Waals surface area contributed by atoms with Crippen LogP contribution < -0.4 is 10.9 Å². The van der Waals surface area contributed by atoms with Crippen molar-refractivity contribution >= 4 is 46.1 Å². The second-order valence-corrected chi connectivity index (χ2v) is 6.53. The average molecular weight is 421 g/mol. The molecule has 0 spiro atoms. The summed E-state index contributed by atoms with van der Waals surface area (Å²) in [5.74, 6) is -0.958. The third-order valence-corrected chi connectivity index (χ3v) is 4.66. The van der Waals surface area contributed by atoms with E-state index in [2.05, 4.69) is 5.32 Å². The van der Waals surface area contributed by atoms with Gasteiger partial charge in [-0.15, -0.1) is 11.3 Å². The van der Waals surface area contributed by atoms with Crippen LogP contribution in [0, 0.1) is 0 Å². The Morgan fingerprint density at radius 2 is 1.88 bits per heavy atom. The van der Waals surface area contributed by atoms with Crippen LogP contribution in [0.3, 0.4) is 0 Å². The van der Waals surface area contributed by atoms with E-state index in [-0.39, 0.29) is 21.9 Å². The molecule has 0 aliphatic carbocycles. The third-order valence-electron chi connectivity index (χ3n) is 2.80. The lowest BCUT2D eigenvalue weighted by atomic mass is 10.3. The van der Waals surface area contributed by atoms with Crippen LogP contribution in [0.2, 0.25) is 10.0 Å². The lowest BCUT2D eigenvalue weighted by Gasteiger charge is -2.09. The second kappa shape index (κ2) is 7.30. The van der Waals surface area contributed by atoms with E-state index in [1.165, 1.54) is 0 Å². The fraction of sp³-hybridized carbons (Fsp3) is 0.231. The molecule has 0 bridgehead atoms. The van der Waals surface area contributed by atoms with Crippen LogP contribution in [0.25, 0.3) is 0 Å². The van der Waals surface area contributed by atoms with Gasteiger partial charge in [0, 0.05) is 6.20 Å². The molecule has 0 atom stereocenters. The van der Waals surface area contributed by atoms with Gasteiger partial charge < -0.3 is 9.88 Å². The van der Waals surface area contributed by atoms with E-state index >= 15 is 0 Å². The Bertz CT molecular complexity index is 863. The van der Waals surface area contributed by atoms with Crippen molar-refractivity contribution < 1.29 is 26.7 Å². The van der Waals surface area contributed by atoms with Crippen LogP contribution in [0.1, 0.15) is 14.5 Å². The number of carbonyl (C=O) groups is 1. The molecular weight excluding hydrogens is 414 g/mol. The van der Waals surface area contributed by atoms with Crippen molar-refractivity contribution in [3.05, 3.63) is 48.5 Å². The zero-order chi connectivity index (χ0) is 18.9. The van der Waals surface area contributed by atoms with Crippen LogP contribution in [0.4, 0.5) is 27.6 Å². The number of anilines is 1. The molecular formula is C13H7Cl2F5N2O2S. The van der Waals surface area contributed by atoms with Gasteiger partial charge >= 0.3 is 6.18 Å². The SMILES string of the molecule is O=C(Nc1cc(Cl)c(=O)n(CC(F)F)c1)c1cc(Cl)c(C(F)(F)F)s1. The van der Waals surface area contributed by atoms with Crippen molar-refractivity contribution in [1.82, 2.24) is 4.57 Å². The maximum absolute atomic E-state index is 12.7. The minimum atomic E-state index is -4.71. The lowest BCUT2D eigenvalue weighted by molar-refractivity contribution is -0.134. The first-order valence-electron chi connectivity index (χ1n) is 6.35. The van der Waals surface area contributed by atoms with Crippen molar-refractivity contribution in [3.63, 3.8) is 0 Å². The molecule has 0 aliphatic heterocycles. The Labute approximate surface area is 150 Å². The third kappa shape index (κ3) is 4.71. The molecule has 2 aromatic heterocycles. The molecule has 12 heteroatoms. The summed E-state index contributed by atoms with van der Waals surface area (Å²) in [5.41, 5.74) is -1.02. The molecule has 0 aromatic carbocycles. The van der Waals surface area contributed by atoms with Crippen LogP contribution in [0.15, 0.2) is 23.1 Å². The first kappa shape index (κ1) is 19.7. The summed E-state index contributed by atoms with van der Waals surface area (Å²) in [6.07, 6.45) is -6.64. The van der Waals surface area contributed by atoms with Gasteiger partial charge in [-0.2, -0.15) is 13.2 Å². The predicted molar refractivity (Wildman–Crippen MR) is 84.0 cm³/mol. The summed E-state index contributed by atoms with van der Waals surface area (Å²) >= 11 is 11.2. The summed E-state index contributed by atoms with van der Waals surface area (Å²) < 4.78 is 63.5. The number of nitrogens with zero attached hydrogens (tertiary/aromatic N) is 1. The molecule has 25 heavy (non-hydrogen) atoms. The van der Waals surface area contributed by atoms with Gasteiger partial charge in [0.15, 0.2) is 0 Å². The van der Waals surface area contributed by atoms with E-state index in [1.807, 2.05) is 0 Å². The average Bonchev–Trinajstić information content (AvgIpc) is 2.86. The number of halogens is 7. The Balaban J connectivity index is 2.29. The van der Waals surface area contributed by atoms with E-state index in [0.29, 0.717) is 4.57 Å². The second-order valence-electron chi connectivity index (χ2n) is 4.66. The van der Waals surface area contributed by atoms with Gasteiger partial charge in [0.1, 0.15) is 9.90 Å². The molecule has 4 nitrogen and oxygen atoms in total. The number of hydrogen-bond acceptors (Lipinski definition) is 3. The molecule has 0 unspecified atom stereocenters. The van der Waals surface area contributed by atoms with Crippen LogP contribution in [-0.4, -0.2) is 16.9 Å². The Hall–Kier alpha value is -1.65. The van der Waals surface area contributed by atoms with E-state index in [0.717, 1.165) is 18.3 Å². The fourth-order valence-corrected chi connectivity index (χ4v) is 3.25. The Morgan fingerprint density at radius 1 is 1.24 bits per heavy atom. The number of thiophene rings is 1. The van der Waals surface area contributed by atoms with Crippen LogP contribution in [0.5, 0.6) is 0 Å². The summed E-state index contributed by atoms with van der Waals surface area (Å²) in [6.45, 7) is -0.953. The summed E-state index contributed by atoms with van der Waals surface area (Å²) in [7, 11) is 0. The molecule has 1 amide bonds. The highest BCUT2D eigenvalue weighted by atomic mass is 35.5. The summed E-state index contributed by atoms with van der Waals surface area (Å²) in [5, 5.41) is 1.12. The lowest BCUT2D eigenvalue weighted by Crippen LogP contribution is -2.24. The van der Waals surface area contributed by atoms with Gasteiger partial charge in [0.05, 0.1) is 22.1 Å². The highest BCUT2D eigenvalue weighted by Crippen LogP contribution is 2.40. The van der Waals surface area contributed by atoms with Crippen molar-refractivity contribution in [3.8, 4) is 0 Å². The minimum absolute atomic E-state index is 0.125. The van der Waals surface area contributed by atoms with Gasteiger partial charge in [-0.25, -0.2) is 8.78 Å². The van der Waals surface area contributed by atoms with Gasteiger partial charge in [0.2, 0.25) is 0 Å². The molecule has 136 valence electrons. The number of amides is 1. The van der Waals surface area contributed by atoms with E-state index in [4.69, 9.17) is 23.2 Å². The molecule has 0 saturated carbocycles. The van der Waals surface area contributed by atoms with Crippen molar-refractivity contribution in [2.24, 2.45) is 0 Å². The number of carbonyl (C=O) groups excluding carboxylic acids is 1. The molecule has 0 fully saturated rings. The zero-order valence-corrected chi connectivity index (χ0v) is 14.2. The molecule has 2 heterocycles. The van der Waals surface area contributed by atoms with E-state index in [1.54, 1.807) is 0 Å². The van der Waals surface area contributed by atoms with E-state index in [9.17, 15) is 31.5 Å². The summed E-state index contributed by atoms with van der Waals surface area (Å²) in [4.78, 5) is 22.2. The maximum Gasteiger partial charge on any atom is 0.427 e. The monoisotopic (exact) mass is 420 g/mol. The van der Waals surface area contributed by atoms with Gasteiger partial charge in [-0.3, -0.25) is 9.59 Å². The number of nitrogens with one attached hydrogen (secondary N) is 1. The smallest absolute Gasteiger partial charge is 0.320 e. The van der Waals surface area contributed by atoms with Gasteiger partial charge in [0.25, 0.3) is 17.9 Å². The highest BCUT2D eigenvalue weighted by molar-refractivity contribution is 7.14. The Kier molecular flexibility index (Phi) is 5.75. The largest absolute Gasteiger partial charge is 0.427 e. The zero-order valence-electron chi connectivity index (χ0n) is 11.8. The molecule has 1 N–H and O–H groups in total. The van der Waals surface area contributed by atoms with Crippen LogP contribution in [-0.2, 0) is 12.7 Å². The molecule has 0 saturated heterocycles. The van der Waals surface area contributed by atoms with Crippen molar-refractivity contribution in [2.75, 3.05) is 5.32 Å². The molecule has 0 aliphatic rings. The van der Waals surface area contributed by atoms with Crippen molar-refractivity contribution in [2.45, 2.75) is 19.1 Å². The normalized spacial score (nSPS) is 11.8.